The third-order valence-electron chi connectivity index (χ3n) is 5.25. The van der Waals surface area contributed by atoms with Crippen LogP contribution in [0.3, 0.4) is 0 Å². The Bertz CT molecular complexity index is 1130. The largest absolute Gasteiger partial charge is 0.479 e. The van der Waals surface area contributed by atoms with Gasteiger partial charge in [0.1, 0.15) is 5.75 Å². The summed E-state index contributed by atoms with van der Waals surface area (Å²) in [5, 5.41) is 3.01. The molecule has 0 spiro atoms. The summed E-state index contributed by atoms with van der Waals surface area (Å²) in [6.45, 7) is 2.73. The van der Waals surface area contributed by atoms with Gasteiger partial charge >= 0.3 is 5.97 Å². The second kappa shape index (κ2) is 9.50. The van der Waals surface area contributed by atoms with Gasteiger partial charge in [-0.15, -0.1) is 11.3 Å². The van der Waals surface area contributed by atoms with E-state index in [9.17, 15) is 9.59 Å². The quantitative estimate of drug-likeness (QED) is 0.502. The number of benzene rings is 2. The highest BCUT2D eigenvalue weighted by Gasteiger charge is 2.32. The zero-order valence-electron chi connectivity index (χ0n) is 18.2. The van der Waals surface area contributed by atoms with Crippen LogP contribution < -0.4 is 9.64 Å². The van der Waals surface area contributed by atoms with E-state index < -0.39 is 12.1 Å². The Morgan fingerprint density at radius 1 is 1.19 bits per heavy atom. The van der Waals surface area contributed by atoms with Crippen molar-refractivity contribution < 1.29 is 23.8 Å². The minimum Gasteiger partial charge on any atom is -0.479 e. The number of fused-ring (bicyclic) bond motifs is 1. The summed E-state index contributed by atoms with van der Waals surface area (Å²) < 4.78 is 15.7. The van der Waals surface area contributed by atoms with Crippen molar-refractivity contribution in [2.45, 2.75) is 26.0 Å². The average Bonchev–Trinajstić information content (AvgIpc) is 3.29. The van der Waals surface area contributed by atoms with E-state index in [0.717, 1.165) is 28.2 Å². The molecular weight excluding hydrogens is 428 g/mol. The third kappa shape index (κ3) is 4.51. The Kier molecular flexibility index (Phi) is 6.53. The van der Waals surface area contributed by atoms with Crippen molar-refractivity contribution in [3.63, 3.8) is 0 Å². The molecule has 2 aromatic carbocycles. The van der Waals surface area contributed by atoms with Crippen LogP contribution in [0.15, 0.2) is 47.8 Å². The van der Waals surface area contributed by atoms with Crippen LogP contribution in [0.2, 0.25) is 0 Å². The van der Waals surface area contributed by atoms with Crippen LogP contribution in [0, 0.1) is 0 Å². The molecule has 1 amide bonds. The van der Waals surface area contributed by atoms with Crippen LogP contribution in [-0.2, 0) is 27.2 Å². The summed E-state index contributed by atoms with van der Waals surface area (Å²) in [4.78, 5) is 31.1. The molecule has 4 rings (SSSR count). The van der Waals surface area contributed by atoms with Crippen LogP contribution in [-0.4, -0.2) is 43.8 Å². The molecule has 1 aliphatic rings. The highest BCUT2D eigenvalue weighted by molar-refractivity contribution is 7.09. The van der Waals surface area contributed by atoms with Crippen molar-refractivity contribution in [1.82, 2.24) is 4.98 Å². The minimum atomic E-state index is -0.581. The van der Waals surface area contributed by atoms with E-state index in [4.69, 9.17) is 19.2 Å². The normalized spacial score (nSPS) is 15.3. The Hall–Kier alpha value is -3.23. The molecule has 0 saturated heterocycles. The predicted molar refractivity (Wildman–Crippen MR) is 122 cm³/mol. The number of methoxy groups -OCH3 is 2. The second-order valence-corrected chi connectivity index (χ2v) is 8.37. The van der Waals surface area contributed by atoms with E-state index in [1.165, 1.54) is 7.11 Å². The van der Waals surface area contributed by atoms with Gasteiger partial charge < -0.3 is 19.1 Å². The number of carbonyl (C=O) groups excluding carboxylic acids is 2. The van der Waals surface area contributed by atoms with Gasteiger partial charge in [0.15, 0.2) is 6.10 Å². The fraction of sp³-hybridized carbons (Fsp3) is 0.292. The maximum absolute atomic E-state index is 13.0. The van der Waals surface area contributed by atoms with Crippen molar-refractivity contribution in [3.05, 3.63) is 64.0 Å². The number of esters is 1. The molecule has 0 saturated carbocycles. The number of hydrogen-bond acceptors (Lipinski definition) is 7. The lowest BCUT2D eigenvalue weighted by atomic mass is 10.1. The van der Waals surface area contributed by atoms with E-state index in [1.807, 2.05) is 35.7 Å². The number of rotatable bonds is 7. The summed E-state index contributed by atoms with van der Waals surface area (Å²) in [7, 11) is 3.02. The first kappa shape index (κ1) is 22.0. The summed E-state index contributed by atoms with van der Waals surface area (Å²) in [5.41, 5.74) is 3.84. The lowest BCUT2D eigenvalue weighted by molar-refractivity contribution is -0.125. The highest BCUT2D eigenvalue weighted by Crippen LogP contribution is 2.38. The second-order valence-electron chi connectivity index (χ2n) is 7.42. The van der Waals surface area contributed by atoms with Gasteiger partial charge in [0.05, 0.1) is 42.2 Å². The molecule has 0 fully saturated rings. The molecule has 1 aromatic heterocycles. The van der Waals surface area contributed by atoms with Crippen LogP contribution in [0.5, 0.6) is 5.75 Å². The van der Waals surface area contributed by atoms with Gasteiger partial charge in [0.25, 0.3) is 5.91 Å². The molecule has 7 nitrogen and oxygen atoms in total. The summed E-state index contributed by atoms with van der Waals surface area (Å²) in [6, 6.07) is 12.8. The molecule has 0 N–H and O–H groups in total. The van der Waals surface area contributed by atoms with Crippen molar-refractivity contribution in [2.75, 3.05) is 25.7 Å². The van der Waals surface area contributed by atoms with Gasteiger partial charge in [-0.3, -0.25) is 4.79 Å². The number of anilines is 1. The number of nitrogens with zero attached hydrogens (tertiary/aromatic N) is 2. The molecule has 32 heavy (non-hydrogen) atoms. The maximum atomic E-state index is 13.0. The number of amides is 1. The zero-order valence-corrected chi connectivity index (χ0v) is 19.0. The zero-order chi connectivity index (χ0) is 22.7. The van der Waals surface area contributed by atoms with Crippen LogP contribution >= 0.6 is 11.3 Å². The SMILES string of the molecule is COCCc1nc(-c2ccc3c(c2)N(Cc2ccc(C(=O)OC)cc2)C(=O)C(C)O3)cs1. The van der Waals surface area contributed by atoms with Crippen molar-refractivity contribution in [2.24, 2.45) is 0 Å². The van der Waals surface area contributed by atoms with Gasteiger partial charge in [-0.1, -0.05) is 12.1 Å². The van der Waals surface area contributed by atoms with Crippen molar-refractivity contribution >= 4 is 28.9 Å². The summed E-state index contributed by atoms with van der Waals surface area (Å²) in [5.74, 6) is 0.142. The monoisotopic (exact) mass is 452 g/mol. The van der Waals surface area contributed by atoms with E-state index >= 15 is 0 Å². The Morgan fingerprint density at radius 3 is 2.69 bits per heavy atom. The van der Waals surface area contributed by atoms with Gasteiger partial charge in [0, 0.05) is 24.5 Å². The molecule has 8 heteroatoms. The molecule has 0 bridgehead atoms. The summed E-state index contributed by atoms with van der Waals surface area (Å²) in [6.07, 6.45) is 0.182. The molecule has 0 radical (unpaired) electrons. The molecule has 0 aliphatic carbocycles. The third-order valence-corrected chi connectivity index (χ3v) is 6.16. The Morgan fingerprint density at radius 2 is 1.97 bits per heavy atom. The molecule has 1 aliphatic heterocycles. The Labute approximate surface area is 190 Å². The smallest absolute Gasteiger partial charge is 0.337 e. The lowest BCUT2D eigenvalue weighted by Gasteiger charge is -2.33. The van der Waals surface area contributed by atoms with E-state index in [0.29, 0.717) is 30.2 Å². The first-order valence-corrected chi connectivity index (χ1v) is 11.1. The maximum Gasteiger partial charge on any atom is 0.337 e. The molecular formula is C24H24N2O5S. The number of hydrogen-bond donors (Lipinski definition) is 0. The first-order chi connectivity index (χ1) is 15.5. The van der Waals surface area contributed by atoms with Gasteiger partial charge in [-0.05, 0) is 42.8 Å². The minimum absolute atomic E-state index is 0.120. The Balaban J connectivity index is 1.63. The molecule has 1 unspecified atom stereocenters. The average molecular weight is 453 g/mol. The van der Waals surface area contributed by atoms with Crippen molar-refractivity contribution in [3.8, 4) is 17.0 Å². The van der Waals surface area contributed by atoms with E-state index in [-0.39, 0.29) is 5.91 Å². The van der Waals surface area contributed by atoms with E-state index in [1.54, 1.807) is 42.4 Å². The lowest BCUT2D eigenvalue weighted by Crippen LogP contribution is -2.44. The number of thiazole rings is 1. The molecule has 166 valence electrons. The van der Waals surface area contributed by atoms with Crippen LogP contribution in [0.25, 0.3) is 11.3 Å². The number of ether oxygens (including phenoxy) is 3. The fourth-order valence-electron chi connectivity index (χ4n) is 3.52. The van der Waals surface area contributed by atoms with Gasteiger partial charge in [-0.2, -0.15) is 0 Å². The number of carbonyl (C=O) groups is 2. The highest BCUT2D eigenvalue weighted by atomic mass is 32.1. The molecule has 3 aromatic rings. The predicted octanol–water partition coefficient (Wildman–Crippen LogP) is 4.10. The first-order valence-electron chi connectivity index (χ1n) is 10.2. The standard InChI is InChI=1S/C24H24N2O5S/c1-15-23(27)26(13-16-4-6-17(7-5-16)24(28)30-3)20-12-18(8-9-21(20)31-15)19-14-32-22(25-19)10-11-29-2/h4-9,12,14-15H,10-11,13H2,1-3H3. The van der Waals surface area contributed by atoms with Gasteiger partial charge in [0.2, 0.25) is 0 Å². The fourth-order valence-corrected chi connectivity index (χ4v) is 4.31. The molecule has 1 atom stereocenters. The van der Waals surface area contributed by atoms with Crippen LogP contribution in [0.4, 0.5) is 5.69 Å². The van der Waals surface area contributed by atoms with Crippen LogP contribution in [0.1, 0.15) is 27.9 Å². The van der Waals surface area contributed by atoms with Gasteiger partial charge in [-0.25, -0.2) is 9.78 Å². The topological polar surface area (TPSA) is 78.0 Å². The van der Waals surface area contributed by atoms with E-state index in [2.05, 4.69) is 0 Å². The molecule has 2 heterocycles. The van der Waals surface area contributed by atoms with Crippen molar-refractivity contribution in [1.29, 1.82) is 0 Å². The summed E-state index contributed by atoms with van der Waals surface area (Å²) >= 11 is 1.59. The number of aromatic nitrogens is 1.